The summed E-state index contributed by atoms with van der Waals surface area (Å²) in [5, 5.41) is 12.7. The Kier molecular flexibility index (Phi) is 5.62. The first-order valence-electron chi connectivity index (χ1n) is 9.04. The molecule has 1 amide bonds. The second kappa shape index (κ2) is 7.69. The van der Waals surface area contributed by atoms with Gasteiger partial charge in [-0.2, -0.15) is 0 Å². The van der Waals surface area contributed by atoms with Crippen molar-refractivity contribution >= 4 is 17.7 Å². The summed E-state index contributed by atoms with van der Waals surface area (Å²) in [6.45, 7) is 5.21. The van der Waals surface area contributed by atoms with Crippen LogP contribution in [0.25, 0.3) is 0 Å². The van der Waals surface area contributed by atoms with Crippen molar-refractivity contribution in [1.29, 1.82) is 0 Å². The highest BCUT2D eigenvalue weighted by Crippen LogP contribution is 2.27. The van der Waals surface area contributed by atoms with Gasteiger partial charge in [0.1, 0.15) is 5.82 Å². The minimum absolute atomic E-state index is 0.124. The van der Waals surface area contributed by atoms with Crippen molar-refractivity contribution in [1.82, 2.24) is 20.1 Å². The number of thioether (sulfide) groups is 1. The van der Waals surface area contributed by atoms with Crippen LogP contribution < -0.4 is 5.32 Å². The van der Waals surface area contributed by atoms with Gasteiger partial charge >= 0.3 is 0 Å². The van der Waals surface area contributed by atoms with Gasteiger partial charge in [0, 0.05) is 19.0 Å². The first kappa shape index (κ1) is 16.8. The third-order valence-electron chi connectivity index (χ3n) is 5.17. The molecule has 23 heavy (non-hydrogen) atoms. The van der Waals surface area contributed by atoms with Crippen molar-refractivity contribution < 1.29 is 4.79 Å². The predicted octanol–water partition coefficient (Wildman–Crippen LogP) is 3.18. The molecule has 0 radical (unpaired) electrons. The summed E-state index contributed by atoms with van der Waals surface area (Å²) in [4.78, 5) is 12.5. The van der Waals surface area contributed by atoms with Gasteiger partial charge in [-0.15, -0.1) is 10.2 Å². The number of hydrogen-bond acceptors (Lipinski definition) is 4. The first-order valence-corrected chi connectivity index (χ1v) is 9.92. The molecule has 1 saturated carbocycles. The Morgan fingerprint density at radius 3 is 2.87 bits per heavy atom. The van der Waals surface area contributed by atoms with Crippen molar-refractivity contribution in [2.75, 3.05) is 0 Å². The Hall–Kier alpha value is -1.04. The van der Waals surface area contributed by atoms with Crippen LogP contribution in [0, 0.1) is 5.92 Å². The van der Waals surface area contributed by atoms with E-state index in [0.717, 1.165) is 30.4 Å². The standard InChI is InChI=1S/C17H28N4OS/c1-12-8-5-6-9-14(12)18-16(22)13(2)23-17-20-19-15-10-4-3-7-11-21(15)17/h12-14H,3-11H2,1-2H3,(H,18,22)/t12-,13+,14+/m0/s1. The number of nitrogens with one attached hydrogen (secondary N) is 1. The molecule has 1 aromatic rings. The summed E-state index contributed by atoms with van der Waals surface area (Å²) in [6.07, 6.45) is 9.50. The summed E-state index contributed by atoms with van der Waals surface area (Å²) in [5.41, 5.74) is 0. The van der Waals surface area contributed by atoms with Crippen LogP contribution in [-0.2, 0) is 17.8 Å². The summed E-state index contributed by atoms with van der Waals surface area (Å²) < 4.78 is 2.21. The Labute approximate surface area is 143 Å². The second-order valence-corrected chi connectivity index (χ2v) is 8.31. The topological polar surface area (TPSA) is 59.8 Å². The van der Waals surface area contributed by atoms with E-state index >= 15 is 0 Å². The number of rotatable bonds is 4. The van der Waals surface area contributed by atoms with Crippen LogP contribution in [0.2, 0.25) is 0 Å². The van der Waals surface area contributed by atoms with Gasteiger partial charge in [0.25, 0.3) is 0 Å². The number of aromatic nitrogens is 3. The van der Waals surface area contributed by atoms with Crippen LogP contribution >= 0.6 is 11.8 Å². The van der Waals surface area contributed by atoms with Gasteiger partial charge in [0.05, 0.1) is 5.25 Å². The van der Waals surface area contributed by atoms with Crippen LogP contribution in [0.5, 0.6) is 0 Å². The fourth-order valence-electron chi connectivity index (χ4n) is 3.59. The van der Waals surface area contributed by atoms with Crippen molar-refractivity contribution in [2.24, 2.45) is 5.92 Å². The molecule has 2 heterocycles. The van der Waals surface area contributed by atoms with Gasteiger partial charge in [-0.1, -0.05) is 37.9 Å². The van der Waals surface area contributed by atoms with E-state index in [1.54, 1.807) is 11.8 Å². The fraction of sp³-hybridized carbons (Fsp3) is 0.824. The predicted molar refractivity (Wildman–Crippen MR) is 92.5 cm³/mol. The van der Waals surface area contributed by atoms with Crippen molar-refractivity contribution in [3.63, 3.8) is 0 Å². The molecule has 1 aromatic heterocycles. The van der Waals surface area contributed by atoms with Crippen molar-refractivity contribution in [2.45, 2.75) is 88.2 Å². The third kappa shape index (κ3) is 4.08. The van der Waals surface area contributed by atoms with E-state index in [9.17, 15) is 4.79 Å². The zero-order chi connectivity index (χ0) is 16.2. The number of carbonyl (C=O) groups excluding carboxylic acids is 1. The molecule has 2 aliphatic rings. The molecule has 128 valence electrons. The van der Waals surface area contributed by atoms with Crippen LogP contribution in [0.15, 0.2) is 5.16 Å². The lowest BCUT2D eigenvalue weighted by molar-refractivity contribution is -0.121. The van der Waals surface area contributed by atoms with E-state index in [1.807, 2.05) is 6.92 Å². The summed E-state index contributed by atoms with van der Waals surface area (Å²) in [7, 11) is 0. The van der Waals surface area contributed by atoms with Crippen molar-refractivity contribution in [3.8, 4) is 0 Å². The normalized spacial score (nSPS) is 26.2. The third-order valence-corrected chi connectivity index (χ3v) is 6.25. The van der Waals surface area contributed by atoms with E-state index < -0.39 is 0 Å². The molecule has 0 saturated heterocycles. The molecule has 3 atom stereocenters. The van der Waals surface area contributed by atoms with E-state index in [1.165, 1.54) is 38.5 Å². The Bertz CT molecular complexity index is 545. The summed E-state index contributed by atoms with van der Waals surface area (Å²) >= 11 is 1.55. The molecular formula is C17H28N4OS. The number of amides is 1. The van der Waals surface area contributed by atoms with E-state index in [0.29, 0.717) is 12.0 Å². The second-order valence-electron chi connectivity index (χ2n) is 7.00. The van der Waals surface area contributed by atoms with Gasteiger partial charge < -0.3 is 9.88 Å². The van der Waals surface area contributed by atoms with Crippen LogP contribution in [0.1, 0.15) is 64.6 Å². The van der Waals surface area contributed by atoms with Gasteiger partial charge in [-0.3, -0.25) is 4.79 Å². The van der Waals surface area contributed by atoms with Crippen LogP contribution in [0.3, 0.4) is 0 Å². The Morgan fingerprint density at radius 1 is 1.22 bits per heavy atom. The van der Waals surface area contributed by atoms with E-state index in [2.05, 4.69) is 27.0 Å². The average Bonchev–Trinajstić information content (AvgIpc) is 2.77. The molecule has 1 aliphatic heterocycles. The maximum Gasteiger partial charge on any atom is 0.233 e. The molecule has 1 aliphatic carbocycles. The highest BCUT2D eigenvalue weighted by atomic mass is 32.2. The van der Waals surface area contributed by atoms with Crippen LogP contribution in [0.4, 0.5) is 0 Å². The van der Waals surface area contributed by atoms with Gasteiger partial charge in [0.15, 0.2) is 5.16 Å². The molecule has 1 N–H and O–H groups in total. The largest absolute Gasteiger partial charge is 0.352 e. The Morgan fingerprint density at radius 2 is 2.04 bits per heavy atom. The summed E-state index contributed by atoms with van der Waals surface area (Å²) in [5.74, 6) is 1.81. The highest BCUT2D eigenvalue weighted by Gasteiger charge is 2.26. The zero-order valence-corrected chi connectivity index (χ0v) is 15.1. The van der Waals surface area contributed by atoms with Gasteiger partial charge in [0.2, 0.25) is 5.91 Å². The SMILES string of the molecule is C[C@@H](Sc1nnc2n1CCCCC2)C(=O)N[C@@H]1CCCC[C@@H]1C. The number of hydrogen-bond donors (Lipinski definition) is 1. The first-order chi connectivity index (χ1) is 11.1. The zero-order valence-electron chi connectivity index (χ0n) is 14.3. The number of fused-ring (bicyclic) bond motifs is 1. The lowest BCUT2D eigenvalue weighted by Crippen LogP contribution is -2.44. The number of carbonyl (C=O) groups is 1. The minimum Gasteiger partial charge on any atom is -0.352 e. The molecule has 0 unspecified atom stereocenters. The molecule has 6 heteroatoms. The fourth-order valence-corrected chi connectivity index (χ4v) is 4.49. The molecule has 0 bridgehead atoms. The smallest absolute Gasteiger partial charge is 0.233 e. The molecule has 1 fully saturated rings. The monoisotopic (exact) mass is 336 g/mol. The highest BCUT2D eigenvalue weighted by molar-refractivity contribution is 8.00. The number of aryl methyl sites for hydroxylation is 1. The maximum absolute atomic E-state index is 12.5. The molecule has 5 nitrogen and oxygen atoms in total. The molecule has 3 rings (SSSR count). The van der Waals surface area contributed by atoms with Gasteiger partial charge in [-0.05, 0) is 38.5 Å². The quantitative estimate of drug-likeness (QED) is 0.858. The number of nitrogens with zero attached hydrogens (tertiary/aromatic N) is 3. The summed E-state index contributed by atoms with van der Waals surface area (Å²) in [6, 6.07) is 0.342. The van der Waals surface area contributed by atoms with E-state index in [-0.39, 0.29) is 11.2 Å². The average molecular weight is 337 g/mol. The van der Waals surface area contributed by atoms with Crippen molar-refractivity contribution in [3.05, 3.63) is 5.82 Å². The lowest BCUT2D eigenvalue weighted by Gasteiger charge is -2.30. The molecular weight excluding hydrogens is 308 g/mol. The van der Waals surface area contributed by atoms with Crippen LogP contribution in [-0.4, -0.2) is 32.0 Å². The van der Waals surface area contributed by atoms with Gasteiger partial charge in [-0.25, -0.2) is 0 Å². The lowest BCUT2D eigenvalue weighted by atomic mass is 9.86. The minimum atomic E-state index is -0.124. The maximum atomic E-state index is 12.5. The van der Waals surface area contributed by atoms with E-state index in [4.69, 9.17) is 0 Å². The Balaban J connectivity index is 1.59. The molecule has 0 spiro atoms. The molecule has 0 aromatic carbocycles.